The molecule has 1 heterocycles. The van der Waals surface area contributed by atoms with Gasteiger partial charge in [-0.3, -0.25) is 14.4 Å². The number of benzene rings is 2. The van der Waals surface area contributed by atoms with Crippen molar-refractivity contribution in [3.05, 3.63) is 58.1 Å². The molecule has 0 aromatic heterocycles. The third-order valence-corrected chi connectivity index (χ3v) is 6.01. The van der Waals surface area contributed by atoms with Crippen molar-refractivity contribution >= 4 is 21.4 Å². The Balaban J connectivity index is 2.04. The van der Waals surface area contributed by atoms with Crippen molar-refractivity contribution in [3.8, 4) is 5.75 Å². The number of nitro benzene ring substituents is 1. The summed E-state index contributed by atoms with van der Waals surface area (Å²) in [5, 5.41) is 10.7. The molecule has 0 radical (unpaired) electrons. The maximum absolute atomic E-state index is 13.0. The molecule has 0 unspecified atom stereocenters. The monoisotopic (exact) mass is 363 g/mol. The van der Waals surface area contributed by atoms with Crippen molar-refractivity contribution < 1.29 is 18.1 Å². The molecule has 3 rings (SSSR count). The molecular weight excluding hydrogens is 346 g/mol. The van der Waals surface area contributed by atoms with Crippen LogP contribution < -0.4 is 14.8 Å². The maximum atomic E-state index is 13.0. The Morgan fingerprint density at radius 3 is 2.52 bits per heavy atom. The molecule has 2 N–H and O–H groups in total. The Kier molecular flexibility index (Phi) is 4.36. The lowest BCUT2D eigenvalue weighted by Gasteiger charge is -2.33. The summed E-state index contributed by atoms with van der Waals surface area (Å²) in [7, 11) is -2.32. The van der Waals surface area contributed by atoms with Crippen molar-refractivity contribution in [1.82, 2.24) is 0 Å². The number of hydrogen-bond donors (Lipinski definition) is 1. The summed E-state index contributed by atoms with van der Waals surface area (Å²) in [4.78, 5) is 10.2. The fraction of sp³-hybridized carbons (Fsp3) is 0.250. The fourth-order valence-corrected chi connectivity index (χ4v) is 4.34. The van der Waals surface area contributed by atoms with Gasteiger partial charge < -0.3 is 10.5 Å². The zero-order valence-electron chi connectivity index (χ0n) is 13.5. The SMILES string of the molecule is COc1ccc2c(c1)[C@H](N)CCN2S(=O)(=O)c1ccc([N+](=O)[O-])cc1. The third kappa shape index (κ3) is 3.03. The van der Waals surface area contributed by atoms with E-state index < -0.39 is 14.9 Å². The van der Waals surface area contributed by atoms with E-state index in [1.165, 1.54) is 35.7 Å². The average Bonchev–Trinajstić information content (AvgIpc) is 2.61. The summed E-state index contributed by atoms with van der Waals surface area (Å²) >= 11 is 0. The van der Waals surface area contributed by atoms with Crippen LogP contribution in [-0.2, 0) is 10.0 Å². The minimum absolute atomic E-state index is 0.00432. The Morgan fingerprint density at radius 1 is 1.24 bits per heavy atom. The molecule has 9 heteroatoms. The molecular formula is C16H17N3O5S. The highest BCUT2D eigenvalue weighted by atomic mass is 32.2. The predicted molar refractivity (Wildman–Crippen MR) is 92.2 cm³/mol. The van der Waals surface area contributed by atoms with Gasteiger partial charge in [0.05, 0.1) is 22.6 Å². The largest absolute Gasteiger partial charge is 0.497 e. The minimum Gasteiger partial charge on any atom is -0.497 e. The van der Waals surface area contributed by atoms with E-state index in [4.69, 9.17) is 10.5 Å². The van der Waals surface area contributed by atoms with Crippen LogP contribution in [0, 0.1) is 10.1 Å². The summed E-state index contributed by atoms with van der Waals surface area (Å²) in [6, 6.07) is 9.63. The molecule has 0 aliphatic carbocycles. The maximum Gasteiger partial charge on any atom is 0.269 e. The van der Waals surface area contributed by atoms with Crippen molar-refractivity contribution in [2.75, 3.05) is 18.0 Å². The number of ether oxygens (including phenoxy) is 1. The molecule has 132 valence electrons. The standard InChI is InChI=1S/C16H17N3O5S/c1-24-12-4-7-16-14(10-12)15(17)8-9-18(16)25(22,23)13-5-2-11(3-6-13)19(20)21/h2-7,10,15H,8-9,17H2,1H3/t15-/m1/s1. The van der Waals surface area contributed by atoms with Crippen LogP contribution in [0.1, 0.15) is 18.0 Å². The molecule has 0 fully saturated rings. The topological polar surface area (TPSA) is 116 Å². The van der Waals surface area contributed by atoms with E-state index in [9.17, 15) is 18.5 Å². The smallest absolute Gasteiger partial charge is 0.269 e. The minimum atomic E-state index is -3.85. The van der Waals surface area contributed by atoms with E-state index in [0.717, 1.165) is 0 Å². The van der Waals surface area contributed by atoms with Crippen molar-refractivity contribution in [2.24, 2.45) is 5.73 Å². The van der Waals surface area contributed by atoms with Crippen LogP contribution in [0.4, 0.5) is 11.4 Å². The van der Waals surface area contributed by atoms with E-state index in [2.05, 4.69) is 0 Å². The van der Waals surface area contributed by atoms with Gasteiger partial charge in [-0.2, -0.15) is 0 Å². The Labute approximate surface area is 145 Å². The normalized spacial score (nSPS) is 17.0. The van der Waals surface area contributed by atoms with E-state index in [1.807, 2.05) is 0 Å². The predicted octanol–water partition coefficient (Wildman–Crippen LogP) is 2.20. The average molecular weight is 363 g/mol. The van der Waals surface area contributed by atoms with Crippen LogP contribution in [0.5, 0.6) is 5.75 Å². The van der Waals surface area contributed by atoms with Gasteiger partial charge in [-0.25, -0.2) is 8.42 Å². The molecule has 8 nitrogen and oxygen atoms in total. The summed E-state index contributed by atoms with van der Waals surface area (Å²) in [6.07, 6.45) is 0.465. The van der Waals surface area contributed by atoms with Gasteiger partial charge in [0.25, 0.3) is 15.7 Å². The number of rotatable bonds is 4. The molecule has 0 saturated carbocycles. The number of nitrogens with zero attached hydrogens (tertiary/aromatic N) is 2. The second-order valence-corrected chi connectivity index (χ2v) is 7.51. The van der Waals surface area contributed by atoms with Crippen LogP contribution in [0.15, 0.2) is 47.4 Å². The molecule has 25 heavy (non-hydrogen) atoms. The highest BCUT2D eigenvalue weighted by molar-refractivity contribution is 7.92. The summed E-state index contributed by atoms with van der Waals surface area (Å²) < 4.78 is 32.4. The van der Waals surface area contributed by atoms with E-state index in [0.29, 0.717) is 23.4 Å². The first-order valence-corrected chi connectivity index (χ1v) is 8.99. The highest BCUT2D eigenvalue weighted by Gasteiger charge is 2.32. The molecule has 0 bridgehead atoms. The number of nitro groups is 1. The van der Waals surface area contributed by atoms with Gasteiger partial charge in [-0.05, 0) is 42.3 Å². The van der Waals surface area contributed by atoms with Crippen LogP contribution in [0.25, 0.3) is 0 Å². The molecule has 0 spiro atoms. The van der Waals surface area contributed by atoms with Crippen LogP contribution in [0.3, 0.4) is 0 Å². The number of sulfonamides is 1. The van der Waals surface area contributed by atoms with Gasteiger partial charge in [-0.15, -0.1) is 0 Å². The van der Waals surface area contributed by atoms with E-state index >= 15 is 0 Å². The van der Waals surface area contributed by atoms with E-state index in [-0.39, 0.29) is 23.2 Å². The van der Waals surface area contributed by atoms with E-state index in [1.54, 1.807) is 18.2 Å². The quantitative estimate of drug-likeness (QED) is 0.657. The Hall–Kier alpha value is -2.65. The zero-order chi connectivity index (χ0) is 18.2. The Bertz CT molecular complexity index is 912. The van der Waals surface area contributed by atoms with Crippen LogP contribution in [0.2, 0.25) is 0 Å². The lowest BCUT2D eigenvalue weighted by molar-refractivity contribution is -0.384. The van der Waals surface area contributed by atoms with Crippen LogP contribution in [-0.4, -0.2) is 27.0 Å². The number of hydrogen-bond acceptors (Lipinski definition) is 6. The number of anilines is 1. The first-order valence-electron chi connectivity index (χ1n) is 7.55. The number of fused-ring (bicyclic) bond motifs is 1. The first-order chi connectivity index (χ1) is 11.8. The second-order valence-electron chi connectivity index (χ2n) is 5.65. The molecule has 0 saturated heterocycles. The van der Waals surface area contributed by atoms with Crippen LogP contribution >= 0.6 is 0 Å². The molecule has 0 amide bonds. The highest BCUT2D eigenvalue weighted by Crippen LogP contribution is 2.38. The molecule has 1 aliphatic rings. The van der Waals surface area contributed by atoms with Gasteiger partial charge in [0.2, 0.25) is 0 Å². The summed E-state index contributed by atoms with van der Waals surface area (Å²) in [6.45, 7) is 0.236. The van der Waals surface area contributed by atoms with Gasteiger partial charge in [0.15, 0.2) is 0 Å². The number of nitrogens with two attached hydrogens (primary N) is 1. The van der Waals surface area contributed by atoms with Gasteiger partial charge in [0, 0.05) is 24.7 Å². The molecule has 1 atom stereocenters. The fourth-order valence-electron chi connectivity index (χ4n) is 2.83. The first kappa shape index (κ1) is 17.2. The lowest BCUT2D eigenvalue weighted by Crippen LogP contribution is -2.38. The number of methoxy groups -OCH3 is 1. The van der Waals surface area contributed by atoms with Crippen molar-refractivity contribution in [1.29, 1.82) is 0 Å². The van der Waals surface area contributed by atoms with Crippen molar-refractivity contribution in [2.45, 2.75) is 17.4 Å². The molecule has 1 aliphatic heterocycles. The summed E-state index contributed by atoms with van der Waals surface area (Å²) in [5.74, 6) is 0.601. The lowest BCUT2D eigenvalue weighted by atomic mass is 9.98. The van der Waals surface area contributed by atoms with Crippen molar-refractivity contribution in [3.63, 3.8) is 0 Å². The van der Waals surface area contributed by atoms with Gasteiger partial charge in [0.1, 0.15) is 5.75 Å². The molecule has 2 aromatic carbocycles. The zero-order valence-corrected chi connectivity index (χ0v) is 14.3. The third-order valence-electron chi connectivity index (χ3n) is 4.18. The van der Waals surface area contributed by atoms with Gasteiger partial charge >= 0.3 is 0 Å². The number of non-ortho nitro benzene ring substituents is 1. The Morgan fingerprint density at radius 2 is 1.92 bits per heavy atom. The summed E-state index contributed by atoms with van der Waals surface area (Å²) in [5.41, 5.74) is 7.14. The molecule has 2 aromatic rings. The van der Waals surface area contributed by atoms with Gasteiger partial charge in [-0.1, -0.05) is 0 Å². The second kappa shape index (κ2) is 6.34.